The summed E-state index contributed by atoms with van der Waals surface area (Å²) in [5.74, 6) is -0.264. The molecule has 138 valence electrons. The van der Waals surface area contributed by atoms with Gasteiger partial charge in [0.15, 0.2) is 0 Å². The third-order valence-electron chi connectivity index (χ3n) is 7.36. The summed E-state index contributed by atoms with van der Waals surface area (Å²) in [6.07, 6.45) is 11.0. The first-order valence-corrected chi connectivity index (χ1v) is 9.91. The fourth-order valence-corrected chi connectivity index (χ4v) is 5.42. The number of carboxylic acid groups (broad SMARTS) is 1. The first-order chi connectivity index (χ1) is 12.2. The van der Waals surface area contributed by atoms with E-state index in [1.807, 2.05) is 6.08 Å². The minimum absolute atomic E-state index is 0.253. The third-order valence-corrected chi connectivity index (χ3v) is 7.36. The summed E-state index contributed by atoms with van der Waals surface area (Å²) >= 11 is 0. The summed E-state index contributed by atoms with van der Waals surface area (Å²) in [5.41, 5.74) is 6.86. The highest BCUT2D eigenvalue weighted by molar-refractivity contribution is 5.80. The van der Waals surface area contributed by atoms with Gasteiger partial charge in [-0.15, -0.1) is 0 Å². The summed E-state index contributed by atoms with van der Waals surface area (Å²) < 4.78 is 0. The fraction of sp³-hybridized carbons (Fsp3) is 0.542. The molecule has 1 aromatic rings. The second-order valence-corrected chi connectivity index (χ2v) is 9.88. The van der Waals surface area contributed by atoms with Gasteiger partial charge in [0.25, 0.3) is 0 Å². The SMILES string of the molecule is CC1(C)CCC(C)(C)c2cc(C34CCC(=CC=CC(=O)O)C3C4)ccc21. The standard InChI is InChI=1S/C24H30O2/c1-22(2)12-13-23(3,4)19-14-17(8-9-18(19)22)24-11-10-16(20(24)15-24)6-5-7-21(25)26/h5-9,14,20H,10-13,15H2,1-4H3,(H,25,26). The number of benzene rings is 1. The lowest BCUT2D eigenvalue weighted by Gasteiger charge is -2.42. The molecule has 1 aromatic carbocycles. The summed E-state index contributed by atoms with van der Waals surface area (Å²) in [6.45, 7) is 9.54. The van der Waals surface area contributed by atoms with Crippen LogP contribution in [0.15, 0.2) is 42.0 Å². The zero-order valence-corrected chi connectivity index (χ0v) is 16.4. The van der Waals surface area contributed by atoms with E-state index in [9.17, 15) is 4.79 Å². The smallest absolute Gasteiger partial charge is 0.328 e. The third kappa shape index (κ3) is 2.66. The van der Waals surface area contributed by atoms with Crippen LogP contribution in [0.4, 0.5) is 0 Å². The Labute approximate surface area is 157 Å². The van der Waals surface area contributed by atoms with E-state index >= 15 is 0 Å². The van der Waals surface area contributed by atoms with Gasteiger partial charge in [-0.3, -0.25) is 0 Å². The van der Waals surface area contributed by atoms with Crippen LogP contribution in [0.5, 0.6) is 0 Å². The molecule has 4 rings (SSSR count). The number of carboxylic acids is 1. The number of aliphatic carboxylic acids is 1. The molecule has 0 spiro atoms. The molecule has 2 saturated carbocycles. The lowest BCUT2D eigenvalue weighted by atomic mass is 9.62. The number of fused-ring (bicyclic) bond motifs is 2. The van der Waals surface area contributed by atoms with Crippen LogP contribution < -0.4 is 0 Å². The second kappa shape index (κ2) is 5.58. The van der Waals surface area contributed by atoms with Crippen molar-refractivity contribution in [3.63, 3.8) is 0 Å². The molecule has 0 saturated heterocycles. The number of rotatable bonds is 3. The van der Waals surface area contributed by atoms with E-state index < -0.39 is 5.97 Å². The molecule has 2 fully saturated rings. The number of hydrogen-bond donors (Lipinski definition) is 1. The van der Waals surface area contributed by atoms with E-state index in [4.69, 9.17) is 5.11 Å². The van der Waals surface area contributed by atoms with Gasteiger partial charge in [-0.05, 0) is 65.5 Å². The van der Waals surface area contributed by atoms with E-state index in [0.717, 1.165) is 6.42 Å². The molecule has 2 nitrogen and oxygen atoms in total. The van der Waals surface area contributed by atoms with Crippen molar-refractivity contribution in [2.24, 2.45) is 5.92 Å². The maximum Gasteiger partial charge on any atom is 0.328 e. The maximum absolute atomic E-state index is 10.7. The van der Waals surface area contributed by atoms with E-state index in [0.29, 0.717) is 11.3 Å². The molecule has 3 aliphatic rings. The quantitative estimate of drug-likeness (QED) is 0.715. The highest BCUT2D eigenvalue weighted by Gasteiger charge is 2.60. The zero-order valence-electron chi connectivity index (χ0n) is 16.4. The molecular formula is C24H30O2. The van der Waals surface area contributed by atoms with Gasteiger partial charge < -0.3 is 5.11 Å². The second-order valence-electron chi connectivity index (χ2n) is 9.88. The fourth-order valence-electron chi connectivity index (χ4n) is 5.42. The summed E-state index contributed by atoms with van der Waals surface area (Å²) in [5, 5.41) is 8.78. The molecule has 2 unspecified atom stereocenters. The Morgan fingerprint density at radius 1 is 1.08 bits per heavy atom. The molecule has 2 atom stereocenters. The van der Waals surface area contributed by atoms with Crippen LogP contribution in [-0.4, -0.2) is 11.1 Å². The van der Waals surface area contributed by atoms with Gasteiger partial charge in [0.2, 0.25) is 0 Å². The van der Waals surface area contributed by atoms with Crippen molar-refractivity contribution < 1.29 is 9.90 Å². The molecule has 0 heterocycles. The van der Waals surface area contributed by atoms with Crippen LogP contribution in [0, 0.1) is 5.92 Å². The van der Waals surface area contributed by atoms with Gasteiger partial charge in [-0.2, -0.15) is 0 Å². The largest absolute Gasteiger partial charge is 0.478 e. The van der Waals surface area contributed by atoms with Crippen molar-refractivity contribution in [1.29, 1.82) is 0 Å². The van der Waals surface area contributed by atoms with Gasteiger partial charge in [0, 0.05) is 11.5 Å². The van der Waals surface area contributed by atoms with Gasteiger partial charge in [0.05, 0.1) is 0 Å². The van der Waals surface area contributed by atoms with E-state index in [1.165, 1.54) is 48.5 Å². The molecule has 0 radical (unpaired) electrons. The molecule has 1 N–H and O–H groups in total. The first-order valence-electron chi connectivity index (χ1n) is 9.91. The van der Waals surface area contributed by atoms with Crippen LogP contribution in [0.3, 0.4) is 0 Å². The molecule has 2 heteroatoms. The zero-order chi connectivity index (χ0) is 18.7. The van der Waals surface area contributed by atoms with E-state index in [2.05, 4.69) is 45.9 Å². The Kier molecular flexibility index (Phi) is 3.77. The Hall–Kier alpha value is -1.83. The summed E-state index contributed by atoms with van der Waals surface area (Å²) in [4.78, 5) is 10.7. The summed E-state index contributed by atoms with van der Waals surface area (Å²) in [6, 6.07) is 7.31. The minimum Gasteiger partial charge on any atom is -0.478 e. The molecule has 0 aromatic heterocycles. The lowest BCUT2D eigenvalue weighted by molar-refractivity contribution is -0.131. The predicted molar refractivity (Wildman–Crippen MR) is 106 cm³/mol. The lowest BCUT2D eigenvalue weighted by Crippen LogP contribution is -2.34. The molecule has 3 aliphatic carbocycles. The summed E-state index contributed by atoms with van der Waals surface area (Å²) in [7, 11) is 0. The molecule has 26 heavy (non-hydrogen) atoms. The molecular weight excluding hydrogens is 320 g/mol. The average molecular weight is 351 g/mol. The van der Waals surface area contributed by atoms with Crippen LogP contribution in [0.2, 0.25) is 0 Å². The first kappa shape index (κ1) is 17.6. The number of carbonyl (C=O) groups is 1. The van der Waals surface area contributed by atoms with Crippen LogP contribution in [0.25, 0.3) is 0 Å². The van der Waals surface area contributed by atoms with Crippen molar-refractivity contribution in [1.82, 2.24) is 0 Å². The number of allylic oxidation sites excluding steroid dienone is 3. The molecule has 0 amide bonds. The Morgan fingerprint density at radius 3 is 2.42 bits per heavy atom. The van der Waals surface area contributed by atoms with Crippen molar-refractivity contribution in [3.05, 3.63) is 58.7 Å². The van der Waals surface area contributed by atoms with Gasteiger partial charge in [-0.1, -0.05) is 63.6 Å². The van der Waals surface area contributed by atoms with Crippen LogP contribution in [0.1, 0.15) is 76.5 Å². The van der Waals surface area contributed by atoms with Crippen LogP contribution in [-0.2, 0) is 21.0 Å². The molecule has 0 aliphatic heterocycles. The van der Waals surface area contributed by atoms with Crippen molar-refractivity contribution >= 4 is 5.97 Å². The van der Waals surface area contributed by atoms with Gasteiger partial charge >= 0.3 is 5.97 Å². The highest BCUT2D eigenvalue weighted by Crippen LogP contribution is 2.67. The Bertz CT molecular complexity index is 825. The minimum atomic E-state index is -0.874. The normalized spacial score (nSPS) is 32.5. The van der Waals surface area contributed by atoms with E-state index in [-0.39, 0.29) is 10.8 Å². The monoisotopic (exact) mass is 350 g/mol. The highest BCUT2D eigenvalue weighted by atomic mass is 16.4. The van der Waals surface area contributed by atoms with Crippen molar-refractivity contribution in [2.45, 2.75) is 76.0 Å². The maximum atomic E-state index is 10.7. The predicted octanol–water partition coefficient (Wildman–Crippen LogP) is 5.65. The van der Waals surface area contributed by atoms with Gasteiger partial charge in [0.1, 0.15) is 0 Å². The topological polar surface area (TPSA) is 37.3 Å². The Morgan fingerprint density at radius 2 is 1.77 bits per heavy atom. The van der Waals surface area contributed by atoms with Gasteiger partial charge in [-0.25, -0.2) is 4.79 Å². The Balaban J connectivity index is 1.66. The van der Waals surface area contributed by atoms with Crippen molar-refractivity contribution in [2.75, 3.05) is 0 Å². The number of hydrogen-bond acceptors (Lipinski definition) is 1. The van der Waals surface area contributed by atoms with E-state index in [1.54, 1.807) is 11.6 Å². The molecule has 0 bridgehead atoms. The average Bonchev–Trinajstić information content (AvgIpc) is 3.21. The van der Waals surface area contributed by atoms with Crippen LogP contribution >= 0.6 is 0 Å². The van der Waals surface area contributed by atoms with Crippen molar-refractivity contribution in [3.8, 4) is 0 Å².